The van der Waals surface area contributed by atoms with Gasteiger partial charge in [-0.25, -0.2) is 4.39 Å². The number of aryl methyl sites for hydroxylation is 1. The van der Waals surface area contributed by atoms with Crippen LogP contribution in [0.2, 0.25) is 0 Å². The lowest BCUT2D eigenvalue weighted by Gasteiger charge is -2.42. The molecule has 4 heteroatoms. The molecule has 0 amide bonds. The highest BCUT2D eigenvalue weighted by atomic mass is 19.1. The van der Waals surface area contributed by atoms with E-state index < -0.39 is 0 Å². The largest absolute Gasteiger partial charge is 0.381 e. The van der Waals surface area contributed by atoms with Gasteiger partial charge in [-0.2, -0.15) is 0 Å². The molecule has 1 unspecified atom stereocenters. The Labute approximate surface area is 114 Å². The Morgan fingerprint density at radius 2 is 2.05 bits per heavy atom. The lowest BCUT2D eigenvalue weighted by atomic mass is 9.81. The first-order valence-electron chi connectivity index (χ1n) is 6.69. The minimum absolute atomic E-state index is 0.0435. The van der Waals surface area contributed by atoms with Crippen molar-refractivity contribution in [1.29, 1.82) is 0 Å². The molecule has 19 heavy (non-hydrogen) atoms. The molecule has 0 bridgehead atoms. The summed E-state index contributed by atoms with van der Waals surface area (Å²) in [6.07, 6.45) is 1.68. The third-order valence-electron chi connectivity index (χ3n) is 4.10. The van der Waals surface area contributed by atoms with Gasteiger partial charge in [0.05, 0.1) is 11.6 Å². The van der Waals surface area contributed by atoms with Crippen molar-refractivity contribution in [2.24, 2.45) is 0 Å². The summed E-state index contributed by atoms with van der Waals surface area (Å²) >= 11 is 0. The minimum Gasteiger partial charge on any atom is -0.381 e. The molecule has 1 saturated heterocycles. The summed E-state index contributed by atoms with van der Waals surface area (Å²) in [5.41, 5.74) is 1.75. The second-order valence-corrected chi connectivity index (χ2v) is 5.10. The van der Waals surface area contributed by atoms with E-state index in [0.29, 0.717) is 13.2 Å². The molecule has 1 aromatic carbocycles. The van der Waals surface area contributed by atoms with E-state index in [1.807, 2.05) is 20.0 Å². The third kappa shape index (κ3) is 2.81. The summed E-state index contributed by atoms with van der Waals surface area (Å²) < 4.78 is 24.5. The molecule has 106 valence electrons. The minimum atomic E-state index is -0.282. The van der Waals surface area contributed by atoms with Crippen molar-refractivity contribution >= 4 is 0 Å². The van der Waals surface area contributed by atoms with Crippen LogP contribution in [-0.2, 0) is 9.47 Å². The molecular weight excluding hydrogens is 245 g/mol. The molecule has 0 saturated carbocycles. The maximum Gasteiger partial charge on any atom is 0.123 e. The highest BCUT2D eigenvalue weighted by Gasteiger charge is 2.41. The molecule has 0 aliphatic carbocycles. The van der Waals surface area contributed by atoms with Crippen LogP contribution in [0.5, 0.6) is 0 Å². The SMILES string of the molecule is CNC(c1ccc(F)cc1C)C1(OC)CCOCC1. The molecule has 1 aromatic rings. The fourth-order valence-corrected chi connectivity index (χ4v) is 2.99. The first-order valence-corrected chi connectivity index (χ1v) is 6.69. The molecule has 1 aliphatic rings. The van der Waals surface area contributed by atoms with E-state index in [4.69, 9.17) is 9.47 Å². The van der Waals surface area contributed by atoms with E-state index in [2.05, 4.69) is 5.32 Å². The molecule has 0 radical (unpaired) electrons. The number of nitrogens with one attached hydrogen (secondary N) is 1. The molecular formula is C15H22FNO2. The van der Waals surface area contributed by atoms with Gasteiger partial charge in [-0.3, -0.25) is 0 Å². The first kappa shape index (κ1) is 14.4. The zero-order chi connectivity index (χ0) is 13.9. The summed E-state index contributed by atoms with van der Waals surface area (Å²) in [6.45, 7) is 3.34. The summed E-state index contributed by atoms with van der Waals surface area (Å²) in [5, 5.41) is 3.34. The van der Waals surface area contributed by atoms with Gasteiger partial charge in [0.15, 0.2) is 0 Å². The maximum absolute atomic E-state index is 13.3. The van der Waals surface area contributed by atoms with Crippen LogP contribution in [0.25, 0.3) is 0 Å². The van der Waals surface area contributed by atoms with Gasteiger partial charge in [-0.05, 0) is 37.2 Å². The van der Waals surface area contributed by atoms with E-state index >= 15 is 0 Å². The van der Waals surface area contributed by atoms with Crippen molar-refractivity contribution in [2.45, 2.75) is 31.4 Å². The Morgan fingerprint density at radius 3 is 2.58 bits per heavy atom. The smallest absolute Gasteiger partial charge is 0.123 e. The molecule has 1 heterocycles. The van der Waals surface area contributed by atoms with Crippen LogP contribution in [0.3, 0.4) is 0 Å². The standard InChI is InChI=1S/C15H22FNO2/c1-11-10-12(16)4-5-13(11)14(17-2)15(18-3)6-8-19-9-7-15/h4-5,10,14,17H,6-9H2,1-3H3. The quantitative estimate of drug-likeness (QED) is 0.909. The topological polar surface area (TPSA) is 30.5 Å². The number of ether oxygens (including phenoxy) is 2. The zero-order valence-electron chi connectivity index (χ0n) is 11.8. The number of hydrogen-bond donors (Lipinski definition) is 1. The number of halogens is 1. The van der Waals surface area contributed by atoms with E-state index in [-0.39, 0.29) is 17.5 Å². The molecule has 0 spiro atoms. The summed E-state index contributed by atoms with van der Waals surface area (Å²) in [4.78, 5) is 0. The molecule has 2 rings (SSSR count). The molecule has 1 atom stereocenters. The van der Waals surface area contributed by atoms with Crippen molar-refractivity contribution in [3.63, 3.8) is 0 Å². The monoisotopic (exact) mass is 267 g/mol. The third-order valence-corrected chi connectivity index (χ3v) is 4.10. The number of benzene rings is 1. The Hall–Kier alpha value is -0.970. The van der Waals surface area contributed by atoms with E-state index in [1.54, 1.807) is 13.2 Å². The van der Waals surface area contributed by atoms with Crippen LogP contribution in [0.15, 0.2) is 18.2 Å². The van der Waals surface area contributed by atoms with Crippen LogP contribution in [0.1, 0.15) is 30.0 Å². The van der Waals surface area contributed by atoms with E-state index in [0.717, 1.165) is 24.0 Å². The summed E-state index contributed by atoms with van der Waals surface area (Å²) in [5.74, 6) is -0.199. The van der Waals surface area contributed by atoms with Gasteiger partial charge >= 0.3 is 0 Å². The lowest BCUT2D eigenvalue weighted by molar-refractivity contribution is -0.110. The van der Waals surface area contributed by atoms with E-state index in [1.165, 1.54) is 6.07 Å². The molecule has 1 aliphatic heterocycles. The van der Waals surface area contributed by atoms with Gasteiger partial charge in [-0.1, -0.05) is 6.07 Å². The van der Waals surface area contributed by atoms with Crippen LogP contribution >= 0.6 is 0 Å². The summed E-state index contributed by atoms with van der Waals surface area (Å²) in [6, 6.07) is 4.97. The van der Waals surface area contributed by atoms with Crippen molar-refractivity contribution in [2.75, 3.05) is 27.4 Å². The highest BCUT2D eigenvalue weighted by Crippen LogP contribution is 2.38. The van der Waals surface area contributed by atoms with Gasteiger partial charge < -0.3 is 14.8 Å². The average molecular weight is 267 g/mol. The maximum atomic E-state index is 13.3. The van der Waals surface area contributed by atoms with Gasteiger partial charge in [0, 0.05) is 33.2 Å². The van der Waals surface area contributed by atoms with Gasteiger partial charge in [-0.15, -0.1) is 0 Å². The Balaban J connectivity index is 2.36. The van der Waals surface area contributed by atoms with Crippen LogP contribution in [0, 0.1) is 12.7 Å². The molecule has 3 nitrogen and oxygen atoms in total. The Kier molecular flexibility index (Phi) is 4.55. The van der Waals surface area contributed by atoms with Crippen LogP contribution < -0.4 is 5.32 Å². The molecule has 1 N–H and O–H groups in total. The van der Waals surface area contributed by atoms with Crippen molar-refractivity contribution < 1.29 is 13.9 Å². The van der Waals surface area contributed by atoms with Gasteiger partial charge in [0.1, 0.15) is 5.82 Å². The number of methoxy groups -OCH3 is 1. The average Bonchev–Trinajstić information content (AvgIpc) is 2.43. The first-order chi connectivity index (χ1) is 9.13. The Bertz CT molecular complexity index is 430. The second kappa shape index (κ2) is 5.99. The predicted octanol–water partition coefficient (Wildman–Crippen LogP) is 2.59. The summed E-state index contributed by atoms with van der Waals surface area (Å²) in [7, 11) is 3.66. The van der Waals surface area contributed by atoms with Crippen molar-refractivity contribution in [3.05, 3.63) is 35.1 Å². The van der Waals surface area contributed by atoms with Crippen LogP contribution in [0.4, 0.5) is 4.39 Å². The van der Waals surface area contributed by atoms with E-state index in [9.17, 15) is 4.39 Å². The van der Waals surface area contributed by atoms with Crippen molar-refractivity contribution in [1.82, 2.24) is 5.32 Å². The lowest BCUT2D eigenvalue weighted by Crippen LogP contribution is -2.48. The number of hydrogen-bond acceptors (Lipinski definition) is 3. The van der Waals surface area contributed by atoms with Gasteiger partial charge in [0.2, 0.25) is 0 Å². The predicted molar refractivity (Wildman–Crippen MR) is 72.7 cm³/mol. The normalized spacial score (nSPS) is 20.2. The highest BCUT2D eigenvalue weighted by molar-refractivity contribution is 5.32. The number of likely N-dealkylation sites (N-methyl/N-ethyl adjacent to an activating group) is 1. The van der Waals surface area contributed by atoms with Gasteiger partial charge in [0.25, 0.3) is 0 Å². The fourth-order valence-electron chi connectivity index (χ4n) is 2.99. The van der Waals surface area contributed by atoms with Crippen molar-refractivity contribution in [3.8, 4) is 0 Å². The number of rotatable bonds is 4. The molecule has 0 aromatic heterocycles. The van der Waals surface area contributed by atoms with Crippen LogP contribution in [-0.4, -0.2) is 33.0 Å². The molecule has 1 fully saturated rings. The second-order valence-electron chi connectivity index (χ2n) is 5.10. The fraction of sp³-hybridized carbons (Fsp3) is 0.600. The zero-order valence-corrected chi connectivity index (χ0v) is 11.8. The Morgan fingerprint density at radius 1 is 1.37 bits per heavy atom.